The molecule has 28 heavy (non-hydrogen) atoms. The van der Waals surface area contributed by atoms with E-state index in [0.717, 1.165) is 9.75 Å². The highest BCUT2D eigenvalue weighted by Gasteiger charge is 2.33. The van der Waals surface area contributed by atoms with Gasteiger partial charge in [-0.05, 0) is 45.0 Å². The Bertz CT molecular complexity index is 967. The summed E-state index contributed by atoms with van der Waals surface area (Å²) in [4.78, 5) is 16.5. The lowest BCUT2D eigenvalue weighted by atomic mass is 10.2. The zero-order valence-electron chi connectivity index (χ0n) is 16.1. The Labute approximate surface area is 169 Å². The number of thiophene rings is 1. The molecule has 0 aliphatic carbocycles. The molecule has 1 aliphatic rings. The number of rotatable bonds is 5. The largest absolute Gasteiger partial charge is 0.325 e. The molecule has 1 amide bonds. The molecule has 2 heterocycles. The molecule has 1 aromatic carbocycles. The second kappa shape index (κ2) is 8.28. The van der Waals surface area contributed by atoms with E-state index in [9.17, 15) is 17.6 Å². The fourth-order valence-electron chi connectivity index (χ4n) is 3.31. The van der Waals surface area contributed by atoms with Gasteiger partial charge in [-0.3, -0.25) is 9.69 Å². The number of carbonyl (C=O) groups is 1. The predicted molar refractivity (Wildman–Crippen MR) is 109 cm³/mol. The van der Waals surface area contributed by atoms with Crippen LogP contribution in [0.1, 0.15) is 16.7 Å². The summed E-state index contributed by atoms with van der Waals surface area (Å²) in [6.07, 6.45) is 0. The van der Waals surface area contributed by atoms with Crippen LogP contribution >= 0.6 is 11.3 Å². The van der Waals surface area contributed by atoms with Crippen LogP contribution in [-0.2, 0) is 14.8 Å². The highest BCUT2D eigenvalue weighted by atomic mass is 32.2. The third-order valence-electron chi connectivity index (χ3n) is 4.91. The SMILES string of the molecule is Cc1cc(S(=O)(=O)N2CCN(C(C)C(=O)Nc3cccc(F)c3)CC2)c(C)s1. The Kier molecular flexibility index (Phi) is 6.18. The van der Waals surface area contributed by atoms with Gasteiger partial charge in [0.05, 0.1) is 10.9 Å². The lowest BCUT2D eigenvalue weighted by Gasteiger charge is -2.36. The van der Waals surface area contributed by atoms with Gasteiger partial charge in [0, 0.05) is 41.6 Å². The molecular weight excluding hydrogens is 401 g/mol. The first kappa shape index (κ1) is 20.9. The molecule has 1 aromatic heterocycles. The highest BCUT2D eigenvalue weighted by Crippen LogP contribution is 2.28. The first-order chi connectivity index (χ1) is 13.2. The molecule has 1 saturated heterocycles. The van der Waals surface area contributed by atoms with Crippen LogP contribution in [0.2, 0.25) is 0 Å². The van der Waals surface area contributed by atoms with Gasteiger partial charge in [-0.15, -0.1) is 11.3 Å². The number of piperazine rings is 1. The smallest absolute Gasteiger partial charge is 0.244 e. The van der Waals surface area contributed by atoms with E-state index >= 15 is 0 Å². The minimum Gasteiger partial charge on any atom is -0.325 e. The van der Waals surface area contributed by atoms with Crippen molar-refractivity contribution in [3.8, 4) is 0 Å². The number of carbonyl (C=O) groups excluding carboxylic acids is 1. The number of hydrogen-bond donors (Lipinski definition) is 1. The molecule has 6 nitrogen and oxygen atoms in total. The van der Waals surface area contributed by atoms with Crippen molar-refractivity contribution in [1.29, 1.82) is 0 Å². The van der Waals surface area contributed by atoms with Gasteiger partial charge in [0.2, 0.25) is 15.9 Å². The van der Waals surface area contributed by atoms with Gasteiger partial charge in [-0.25, -0.2) is 12.8 Å². The van der Waals surface area contributed by atoms with Gasteiger partial charge in [0.1, 0.15) is 5.82 Å². The molecule has 1 N–H and O–H groups in total. The average molecular weight is 426 g/mol. The normalized spacial score (nSPS) is 17.4. The van der Waals surface area contributed by atoms with Gasteiger partial charge in [-0.2, -0.15) is 4.31 Å². The molecule has 0 spiro atoms. The van der Waals surface area contributed by atoms with Crippen molar-refractivity contribution < 1.29 is 17.6 Å². The molecule has 1 aliphatic heterocycles. The van der Waals surface area contributed by atoms with E-state index in [-0.39, 0.29) is 5.91 Å². The van der Waals surface area contributed by atoms with Crippen LogP contribution < -0.4 is 5.32 Å². The molecule has 0 bridgehead atoms. The van der Waals surface area contributed by atoms with E-state index in [0.29, 0.717) is 36.8 Å². The number of nitrogens with one attached hydrogen (secondary N) is 1. The fourth-order valence-corrected chi connectivity index (χ4v) is 6.26. The molecule has 0 radical (unpaired) electrons. The molecule has 2 aromatic rings. The lowest BCUT2D eigenvalue weighted by Crippen LogP contribution is -2.53. The molecule has 0 saturated carbocycles. The first-order valence-electron chi connectivity index (χ1n) is 9.06. The fraction of sp³-hybridized carbons (Fsp3) is 0.421. The Morgan fingerprint density at radius 3 is 2.43 bits per heavy atom. The molecular formula is C19H24FN3O3S2. The van der Waals surface area contributed by atoms with E-state index in [1.807, 2.05) is 18.7 Å². The minimum atomic E-state index is -3.52. The Balaban J connectivity index is 1.61. The maximum Gasteiger partial charge on any atom is 0.244 e. The summed E-state index contributed by atoms with van der Waals surface area (Å²) in [5, 5.41) is 2.71. The zero-order chi connectivity index (χ0) is 20.5. The van der Waals surface area contributed by atoms with Crippen molar-refractivity contribution >= 4 is 33.0 Å². The topological polar surface area (TPSA) is 69.7 Å². The van der Waals surface area contributed by atoms with E-state index in [1.54, 1.807) is 19.1 Å². The van der Waals surface area contributed by atoms with Crippen molar-refractivity contribution in [3.05, 3.63) is 45.9 Å². The Morgan fingerprint density at radius 2 is 1.86 bits per heavy atom. The summed E-state index contributed by atoms with van der Waals surface area (Å²) in [7, 11) is -3.52. The molecule has 3 rings (SSSR count). The maximum atomic E-state index is 13.3. The summed E-state index contributed by atoms with van der Waals surface area (Å²) in [5.74, 6) is -0.658. The number of hydrogen-bond acceptors (Lipinski definition) is 5. The Hall–Kier alpha value is -1.81. The van der Waals surface area contributed by atoms with E-state index in [4.69, 9.17) is 0 Å². The maximum absolute atomic E-state index is 13.3. The second-order valence-corrected chi connectivity index (χ2v) is 10.3. The number of anilines is 1. The minimum absolute atomic E-state index is 0.244. The van der Waals surface area contributed by atoms with Crippen molar-refractivity contribution in [3.63, 3.8) is 0 Å². The van der Waals surface area contributed by atoms with Crippen LogP contribution in [0.15, 0.2) is 35.2 Å². The first-order valence-corrected chi connectivity index (χ1v) is 11.3. The quantitative estimate of drug-likeness (QED) is 0.800. The Morgan fingerprint density at radius 1 is 1.18 bits per heavy atom. The van der Waals surface area contributed by atoms with Crippen molar-refractivity contribution in [1.82, 2.24) is 9.21 Å². The third kappa shape index (κ3) is 4.43. The summed E-state index contributed by atoms with van der Waals surface area (Å²) < 4.78 is 40.6. The summed E-state index contributed by atoms with van der Waals surface area (Å²) >= 11 is 1.48. The monoisotopic (exact) mass is 425 g/mol. The summed E-state index contributed by atoms with van der Waals surface area (Å²) in [6, 6.07) is 7.02. The number of sulfonamides is 1. The zero-order valence-corrected chi connectivity index (χ0v) is 17.7. The van der Waals surface area contributed by atoms with Gasteiger partial charge in [0.15, 0.2) is 0 Å². The van der Waals surface area contributed by atoms with Crippen molar-refractivity contribution in [2.24, 2.45) is 0 Å². The van der Waals surface area contributed by atoms with Crippen molar-refractivity contribution in [2.75, 3.05) is 31.5 Å². The predicted octanol–water partition coefficient (Wildman–Crippen LogP) is 2.84. The average Bonchev–Trinajstić information content (AvgIpc) is 3.00. The molecule has 1 unspecified atom stereocenters. The van der Waals surface area contributed by atoms with Gasteiger partial charge in [-0.1, -0.05) is 6.07 Å². The van der Waals surface area contributed by atoms with Gasteiger partial charge in [0.25, 0.3) is 0 Å². The lowest BCUT2D eigenvalue weighted by molar-refractivity contribution is -0.121. The van der Waals surface area contributed by atoms with Gasteiger partial charge >= 0.3 is 0 Å². The van der Waals surface area contributed by atoms with Crippen LogP contribution in [-0.4, -0.2) is 55.8 Å². The highest BCUT2D eigenvalue weighted by molar-refractivity contribution is 7.89. The van der Waals surface area contributed by atoms with Crippen LogP contribution in [0.25, 0.3) is 0 Å². The molecule has 1 fully saturated rings. The number of aryl methyl sites for hydroxylation is 2. The number of nitrogens with zero attached hydrogens (tertiary/aromatic N) is 2. The third-order valence-corrected chi connectivity index (χ3v) is 8.03. The number of amides is 1. The van der Waals surface area contributed by atoms with Gasteiger partial charge < -0.3 is 5.32 Å². The second-order valence-electron chi connectivity index (χ2n) is 6.89. The standard InChI is InChI=1S/C19H24FN3O3S2/c1-13-11-18(15(3)27-13)28(25,26)23-9-7-22(8-10-23)14(2)19(24)21-17-6-4-5-16(20)12-17/h4-6,11-12,14H,7-10H2,1-3H3,(H,21,24). The van der Waals surface area contributed by atoms with Crippen LogP contribution in [0.3, 0.4) is 0 Å². The number of halogens is 1. The van der Waals surface area contributed by atoms with E-state index < -0.39 is 21.9 Å². The van der Waals surface area contributed by atoms with Crippen molar-refractivity contribution in [2.45, 2.75) is 31.7 Å². The molecule has 9 heteroatoms. The molecule has 1 atom stereocenters. The van der Waals surface area contributed by atoms with Crippen LogP contribution in [0.5, 0.6) is 0 Å². The number of benzene rings is 1. The van der Waals surface area contributed by atoms with Crippen LogP contribution in [0.4, 0.5) is 10.1 Å². The molecule has 152 valence electrons. The van der Waals surface area contributed by atoms with E-state index in [1.165, 1.54) is 33.8 Å². The summed E-state index contributed by atoms with van der Waals surface area (Å²) in [5.41, 5.74) is 0.404. The summed E-state index contributed by atoms with van der Waals surface area (Å²) in [6.45, 7) is 7.05. The van der Waals surface area contributed by atoms with Crippen LogP contribution in [0, 0.1) is 19.7 Å². The van der Waals surface area contributed by atoms with E-state index in [2.05, 4.69) is 5.32 Å².